The van der Waals surface area contributed by atoms with Crippen molar-refractivity contribution in [3.63, 3.8) is 0 Å². The Labute approximate surface area is 139 Å². The van der Waals surface area contributed by atoms with E-state index >= 15 is 0 Å². The van der Waals surface area contributed by atoms with Crippen LogP contribution in [-0.2, 0) is 17.6 Å². The molecular weight excluding hydrogens is 307 g/mol. The van der Waals surface area contributed by atoms with Gasteiger partial charge in [-0.3, -0.25) is 9.89 Å². The summed E-state index contributed by atoms with van der Waals surface area (Å²) in [5.41, 5.74) is 3.52. The van der Waals surface area contributed by atoms with Crippen molar-refractivity contribution in [3.05, 3.63) is 47.0 Å². The van der Waals surface area contributed by atoms with Crippen LogP contribution in [0.4, 0.5) is 10.2 Å². The summed E-state index contributed by atoms with van der Waals surface area (Å²) in [4.78, 5) is 15.5. The summed E-state index contributed by atoms with van der Waals surface area (Å²) < 4.78 is 13.5. The van der Waals surface area contributed by atoms with Gasteiger partial charge in [-0.2, -0.15) is 5.10 Å². The summed E-state index contributed by atoms with van der Waals surface area (Å²) >= 11 is 0. The summed E-state index contributed by atoms with van der Waals surface area (Å²) in [7, 11) is 0. The number of aryl methyl sites for hydroxylation is 2. The maximum Gasteiger partial charge on any atom is 0.230 e. The fourth-order valence-corrected chi connectivity index (χ4v) is 2.85. The van der Waals surface area contributed by atoms with Gasteiger partial charge in [0.1, 0.15) is 5.82 Å². The standard InChI is InChI=1S/C18H21FN4O/c1-3-4-5-13-9-17(23-22-13)21-18(24)10-14-11(2)20-16-7-6-12(19)8-15(14)16/h6-9,20H,3-5,10H2,1-2H3,(H2,21,22,23,24). The number of amides is 1. The number of fused-ring (bicyclic) bond motifs is 1. The highest BCUT2D eigenvalue weighted by Gasteiger charge is 2.14. The smallest absolute Gasteiger partial charge is 0.230 e. The SMILES string of the molecule is CCCCc1cc(NC(=O)Cc2c(C)[nH]c3ccc(F)cc23)n[nH]1. The molecule has 5 nitrogen and oxygen atoms in total. The number of aromatic amines is 2. The first-order valence-corrected chi connectivity index (χ1v) is 8.17. The molecule has 0 bridgehead atoms. The van der Waals surface area contributed by atoms with Crippen LogP contribution in [0.2, 0.25) is 0 Å². The fraction of sp³-hybridized carbons (Fsp3) is 0.333. The van der Waals surface area contributed by atoms with Gasteiger partial charge in [-0.25, -0.2) is 4.39 Å². The van der Waals surface area contributed by atoms with E-state index in [9.17, 15) is 9.18 Å². The third-order valence-corrected chi connectivity index (χ3v) is 4.12. The number of nitrogens with one attached hydrogen (secondary N) is 3. The lowest BCUT2D eigenvalue weighted by Crippen LogP contribution is -2.15. The summed E-state index contributed by atoms with van der Waals surface area (Å²) in [6.07, 6.45) is 3.28. The molecule has 1 aromatic carbocycles. The van der Waals surface area contributed by atoms with Crippen LogP contribution in [0.15, 0.2) is 24.3 Å². The van der Waals surface area contributed by atoms with E-state index in [1.807, 2.05) is 13.0 Å². The first kappa shape index (κ1) is 16.2. The zero-order valence-electron chi connectivity index (χ0n) is 13.9. The van der Waals surface area contributed by atoms with Gasteiger partial charge in [0.15, 0.2) is 5.82 Å². The van der Waals surface area contributed by atoms with Crippen LogP contribution in [0.1, 0.15) is 36.7 Å². The minimum Gasteiger partial charge on any atom is -0.358 e. The van der Waals surface area contributed by atoms with E-state index in [0.717, 1.165) is 47.1 Å². The predicted octanol–water partition coefficient (Wildman–Crippen LogP) is 3.86. The molecule has 0 saturated carbocycles. The lowest BCUT2D eigenvalue weighted by molar-refractivity contribution is -0.115. The largest absolute Gasteiger partial charge is 0.358 e. The second-order valence-corrected chi connectivity index (χ2v) is 6.03. The van der Waals surface area contributed by atoms with E-state index in [4.69, 9.17) is 0 Å². The Kier molecular flexibility index (Phi) is 4.64. The number of carbonyl (C=O) groups excluding carboxylic acids is 1. The number of carbonyl (C=O) groups is 1. The van der Waals surface area contributed by atoms with Crippen LogP contribution < -0.4 is 5.32 Å². The molecule has 0 aliphatic rings. The minimum atomic E-state index is -0.309. The van der Waals surface area contributed by atoms with Gasteiger partial charge in [0, 0.05) is 28.4 Å². The van der Waals surface area contributed by atoms with Crippen molar-refractivity contribution < 1.29 is 9.18 Å². The first-order chi connectivity index (χ1) is 11.6. The van der Waals surface area contributed by atoms with E-state index < -0.39 is 0 Å². The van der Waals surface area contributed by atoms with Gasteiger partial charge in [0.2, 0.25) is 5.91 Å². The number of hydrogen-bond acceptors (Lipinski definition) is 2. The second kappa shape index (κ2) is 6.86. The molecule has 3 aromatic rings. The fourth-order valence-electron chi connectivity index (χ4n) is 2.85. The average molecular weight is 328 g/mol. The number of rotatable bonds is 6. The summed E-state index contributed by atoms with van der Waals surface area (Å²) in [5.74, 6) is 0.0441. The molecule has 0 spiro atoms. The number of aromatic nitrogens is 3. The van der Waals surface area contributed by atoms with Crippen molar-refractivity contribution in [2.24, 2.45) is 0 Å². The van der Waals surface area contributed by atoms with E-state index in [0.29, 0.717) is 5.82 Å². The molecule has 1 amide bonds. The van der Waals surface area contributed by atoms with Crippen LogP contribution in [0.5, 0.6) is 0 Å². The minimum absolute atomic E-state index is 0.170. The summed E-state index contributed by atoms with van der Waals surface area (Å²) in [6.45, 7) is 4.02. The topological polar surface area (TPSA) is 73.6 Å². The van der Waals surface area contributed by atoms with Crippen molar-refractivity contribution in [2.75, 3.05) is 5.32 Å². The van der Waals surface area contributed by atoms with Crippen molar-refractivity contribution in [1.29, 1.82) is 0 Å². The molecule has 0 unspecified atom stereocenters. The molecule has 126 valence electrons. The maximum atomic E-state index is 13.5. The zero-order chi connectivity index (χ0) is 17.1. The van der Waals surface area contributed by atoms with Crippen molar-refractivity contribution in [1.82, 2.24) is 15.2 Å². The first-order valence-electron chi connectivity index (χ1n) is 8.17. The highest BCUT2D eigenvalue weighted by Crippen LogP contribution is 2.24. The highest BCUT2D eigenvalue weighted by atomic mass is 19.1. The van der Waals surface area contributed by atoms with Gasteiger partial charge in [0.25, 0.3) is 0 Å². The van der Waals surface area contributed by atoms with Crippen molar-refractivity contribution in [2.45, 2.75) is 39.5 Å². The zero-order valence-corrected chi connectivity index (χ0v) is 13.9. The molecule has 0 aliphatic heterocycles. The lowest BCUT2D eigenvalue weighted by Gasteiger charge is -2.03. The number of H-pyrrole nitrogens is 2. The molecule has 3 N–H and O–H groups in total. The number of halogens is 1. The third-order valence-electron chi connectivity index (χ3n) is 4.12. The van der Waals surface area contributed by atoms with Crippen LogP contribution in [0, 0.1) is 12.7 Å². The summed E-state index contributed by atoms with van der Waals surface area (Å²) in [5, 5.41) is 10.6. The molecule has 0 aliphatic carbocycles. The molecule has 2 aromatic heterocycles. The molecular formula is C18H21FN4O. The van der Waals surface area contributed by atoms with Gasteiger partial charge >= 0.3 is 0 Å². The molecule has 3 rings (SSSR count). The molecule has 0 atom stereocenters. The van der Waals surface area contributed by atoms with Gasteiger partial charge in [-0.05, 0) is 43.5 Å². The molecule has 0 fully saturated rings. The lowest BCUT2D eigenvalue weighted by atomic mass is 10.1. The average Bonchev–Trinajstić information content (AvgIpc) is 3.11. The second-order valence-electron chi connectivity index (χ2n) is 6.03. The van der Waals surface area contributed by atoms with Gasteiger partial charge < -0.3 is 10.3 Å². The van der Waals surface area contributed by atoms with Crippen LogP contribution in [-0.4, -0.2) is 21.1 Å². The van der Waals surface area contributed by atoms with E-state index in [1.165, 1.54) is 12.1 Å². The predicted molar refractivity (Wildman–Crippen MR) is 92.5 cm³/mol. The van der Waals surface area contributed by atoms with E-state index in [1.54, 1.807) is 6.07 Å². The Morgan fingerprint density at radius 3 is 2.96 bits per heavy atom. The van der Waals surface area contributed by atoms with Gasteiger partial charge in [-0.1, -0.05) is 13.3 Å². The van der Waals surface area contributed by atoms with E-state index in [2.05, 4.69) is 27.4 Å². The number of nitrogens with zero attached hydrogens (tertiary/aromatic N) is 1. The molecule has 0 saturated heterocycles. The summed E-state index contributed by atoms with van der Waals surface area (Å²) in [6, 6.07) is 6.41. The Morgan fingerprint density at radius 2 is 2.17 bits per heavy atom. The monoisotopic (exact) mass is 328 g/mol. The van der Waals surface area contributed by atoms with Crippen LogP contribution in [0.25, 0.3) is 10.9 Å². The van der Waals surface area contributed by atoms with E-state index in [-0.39, 0.29) is 18.1 Å². The maximum absolute atomic E-state index is 13.5. The Hall–Kier alpha value is -2.63. The molecule has 0 radical (unpaired) electrons. The van der Waals surface area contributed by atoms with Crippen LogP contribution >= 0.6 is 0 Å². The number of unbranched alkanes of at least 4 members (excludes halogenated alkanes) is 1. The Balaban J connectivity index is 1.72. The van der Waals surface area contributed by atoms with Crippen molar-refractivity contribution >= 4 is 22.6 Å². The Bertz CT molecular complexity index is 865. The van der Waals surface area contributed by atoms with Crippen molar-refractivity contribution in [3.8, 4) is 0 Å². The molecule has 24 heavy (non-hydrogen) atoms. The quantitative estimate of drug-likeness (QED) is 0.643. The molecule has 2 heterocycles. The highest BCUT2D eigenvalue weighted by molar-refractivity contribution is 5.95. The number of anilines is 1. The van der Waals surface area contributed by atoms with Gasteiger partial charge in [0.05, 0.1) is 6.42 Å². The number of hydrogen-bond donors (Lipinski definition) is 3. The molecule has 6 heteroatoms. The number of benzene rings is 1. The van der Waals surface area contributed by atoms with Gasteiger partial charge in [-0.15, -0.1) is 0 Å². The third kappa shape index (κ3) is 3.48. The van der Waals surface area contributed by atoms with Crippen LogP contribution in [0.3, 0.4) is 0 Å². The normalized spacial score (nSPS) is 11.1. The Morgan fingerprint density at radius 1 is 1.33 bits per heavy atom.